The Morgan fingerprint density at radius 3 is 1.67 bits per heavy atom. The molecule has 1 N–H and O–H groups in total. The summed E-state index contributed by atoms with van der Waals surface area (Å²) >= 11 is 0. The molecule has 2 bridgehead atoms. The van der Waals surface area contributed by atoms with Gasteiger partial charge in [0.2, 0.25) is 11.8 Å². The van der Waals surface area contributed by atoms with E-state index < -0.39 is 36.4 Å². The molecule has 1 heterocycles. The first-order chi connectivity index (χ1) is 20.9. The molecule has 1 fully saturated rings. The summed E-state index contributed by atoms with van der Waals surface area (Å²) in [6.45, 7) is 0.914. The molecule has 0 saturated carbocycles. The van der Waals surface area contributed by atoms with Crippen LogP contribution in [-0.4, -0.2) is 41.2 Å². The van der Waals surface area contributed by atoms with Gasteiger partial charge in [0, 0.05) is 17.5 Å². The van der Waals surface area contributed by atoms with Crippen LogP contribution in [-0.2, 0) is 23.9 Å². The number of anilines is 1. The molecule has 3 amide bonds. The van der Waals surface area contributed by atoms with Crippen LogP contribution < -0.4 is 10.1 Å². The van der Waals surface area contributed by atoms with Crippen LogP contribution in [0.3, 0.4) is 0 Å². The van der Waals surface area contributed by atoms with Gasteiger partial charge >= 0.3 is 5.97 Å². The van der Waals surface area contributed by atoms with Crippen LogP contribution in [0.15, 0.2) is 103 Å². The van der Waals surface area contributed by atoms with E-state index in [9.17, 15) is 19.2 Å². The molecular weight excluding hydrogens is 544 g/mol. The normalized spacial score (nSPS) is 21.8. The lowest BCUT2D eigenvalue weighted by molar-refractivity contribution is -0.159. The fourth-order valence-electron chi connectivity index (χ4n) is 6.87. The summed E-state index contributed by atoms with van der Waals surface area (Å²) in [5.41, 5.74) is 4.73. The molecule has 0 aromatic heterocycles. The summed E-state index contributed by atoms with van der Waals surface area (Å²) in [7, 11) is 0. The molecule has 3 atom stereocenters. The molecule has 8 rings (SSSR count). The van der Waals surface area contributed by atoms with Gasteiger partial charge in [-0.3, -0.25) is 19.3 Å². The van der Waals surface area contributed by atoms with E-state index in [0.717, 1.165) is 27.2 Å². The van der Waals surface area contributed by atoms with Crippen molar-refractivity contribution >= 4 is 29.4 Å². The molecule has 8 heteroatoms. The van der Waals surface area contributed by atoms with Crippen molar-refractivity contribution in [2.24, 2.45) is 11.8 Å². The van der Waals surface area contributed by atoms with Crippen molar-refractivity contribution in [3.05, 3.63) is 125 Å². The number of rotatable bonds is 7. The Morgan fingerprint density at radius 1 is 0.698 bits per heavy atom. The standard InChI is InChI=1S/C35H28N2O6/c1-20(35(41)42-19-28(38)36-21-15-17-23(18-16-21)43-22-9-3-2-4-10-22)37-33(39)31-29-24-11-5-6-12-25(24)30(32(31)34(37)40)27-14-8-7-13-26(27)29/h2-18,20,29-32H,19H2,1H3,(H,36,38)/t20-,29?,30?,31-,32+/m1/s1. The molecule has 1 aliphatic heterocycles. The Morgan fingerprint density at radius 2 is 1.16 bits per heavy atom. The van der Waals surface area contributed by atoms with Crippen LogP contribution in [0, 0.1) is 11.8 Å². The van der Waals surface area contributed by atoms with Crippen LogP contribution in [0.1, 0.15) is 41.0 Å². The number of hydrogen-bond acceptors (Lipinski definition) is 6. The van der Waals surface area contributed by atoms with Crippen molar-refractivity contribution in [3.63, 3.8) is 0 Å². The van der Waals surface area contributed by atoms with Crippen molar-refractivity contribution in [2.75, 3.05) is 11.9 Å². The smallest absolute Gasteiger partial charge is 0.329 e. The average Bonchev–Trinajstić information content (AvgIpc) is 3.30. The molecule has 8 nitrogen and oxygen atoms in total. The van der Waals surface area contributed by atoms with E-state index in [2.05, 4.69) is 5.32 Å². The molecule has 214 valence electrons. The topological polar surface area (TPSA) is 102 Å². The predicted octanol–water partition coefficient (Wildman–Crippen LogP) is 5.24. The van der Waals surface area contributed by atoms with E-state index in [-0.39, 0.29) is 23.7 Å². The first-order valence-corrected chi connectivity index (χ1v) is 14.3. The lowest BCUT2D eigenvalue weighted by atomic mass is 9.55. The molecule has 3 aliphatic carbocycles. The van der Waals surface area contributed by atoms with Crippen LogP contribution in [0.2, 0.25) is 0 Å². The highest BCUT2D eigenvalue weighted by atomic mass is 16.5. The Labute approximate surface area is 248 Å². The van der Waals surface area contributed by atoms with Gasteiger partial charge in [0.25, 0.3) is 5.91 Å². The summed E-state index contributed by atoms with van der Waals surface area (Å²) in [5.74, 6) is -2.52. The first kappa shape index (κ1) is 26.6. The van der Waals surface area contributed by atoms with Crippen LogP contribution in [0.4, 0.5) is 5.69 Å². The summed E-state index contributed by atoms with van der Waals surface area (Å²) in [4.78, 5) is 54.3. The molecule has 43 heavy (non-hydrogen) atoms. The summed E-state index contributed by atoms with van der Waals surface area (Å²) in [5, 5.41) is 2.68. The minimum atomic E-state index is -1.17. The van der Waals surface area contributed by atoms with E-state index in [1.807, 2.05) is 78.9 Å². The minimum Gasteiger partial charge on any atom is -0.457 e. The van der Waals surface area contributed by atoms with E-state index >= 15 is 0 Å². The molecule has 0 unspecified atom stereocenters. The second kappa shape index (κ2) is 10.5. The average molecular weight is 573 g/mol. The molecular formula is C35H28N2O6. The van der Waals surface area contributed by atoms with Gasteiger partial charge in [-0.25, -0.2) is 4.79 Å². The second-order valence-electron chi connectivity index (χ2n) is 11.1. The predicted molar refractivity (Wildman–Crippen MR) is 157 cm³/mol. The maximum Gasteiger partial charge on any atom is 0.329 e. The highest BCUT2D eigenvalue weighted by Crippen LogP contribution is 2.61. The fourth-order valence-corrected chi connectivity index (χ4v) is 6.87. The number of ether oxygens (including phenoxy) is 2. The molecule has 0 spiro atoms. The van der Waals surface area contributed by atoms with Gasteiger partial charge in [-0.1, -0.05) is 66.7 Å². The van der Waals surface area contributed by atoms with Gasteiger partial charge in [0.05, 0.1) is 11.8 Å². The van der Waals surface area contributed by atoms with Crippen molar-refractivity contribution in [1.29, 1.82) is 0 Å². The quantitative estimate of drug-likeness (QED) is 0.240. The lowest BCUT2D eigenvalue weighted by Crippen LogP contribution is -2.45. The number of para-hydroxylation sites is 1. The number of nitrogens with one attached hydrogen (secondary N) is 1. The van der Waals surface area contributed by atoms with Crippen LogP contribution in [0.25, 0.3) is 0 Å². The van der Waals surface area contributed by atoms with Crippen LogP contribution >= 0.6 is 0 Å². The number of amides is 3. The Balaban J connectivity index is 1.01. The van der Waals surface area contributed by atoms with Crippen molar-refractivity contribution in [2.45, 2.75) is 24.8 Å². The SMILES string of the molecule is C[C@H](C(=O)OCC(=O)Nc1ccc(Oc2ccccc2)cc1)N1C(=O)[C@@H]2C3c4ccccc4C(c4ccccc43)[C@@H]2C1=O. The molecule has 4 aliphatic rings. The zero-order chi connectivity index (χ0) is 29.7. The van der Waals surface area contributed by atoms with Gasteiger partial charge in [-0.2, -0.15) is 0 Å². The third-order valence-electron chi connectivity index (χ3n) is 8.67. The van der Waals surface area contributed by atoms with E-state index in [4.69, 9.17) is 9.47 Å². The zero-order valence-electron chi connectivity index (χ0n) is 23.3. The number of hydrogen-bond donors (Lipinski definition) is 1. The van der Waals surface area contributed by atoms with Gasteiger partial charge in [-0.15, -0.1) is 0 Å². The van der Waals surface area contributed by atoms with Crippen molar-refractivity contribution in [1.82, 2.24) is 4.90 Å². The fraction of sp³-hybridized carbons (Fsp3) is 0.200. The highest BCUT2D eigenvalue weighted by Gasteiger charge is 2.62. The summed E-state index contributed by atoms with van der Waals surface area (Å²) < 4.78 is 11.0. The number of carbonyl (C=O) groups excluding carboxylic acids is 4. The first-order valence-electron chi connectivity index (χ1n) is 14.3. The minimum absolute atomic E-state index is 0.262. The molecule has 4 aromatic rings. The monoisotopic (exact) mass is 572 g/mol. The van der Waals surface area contributed by atoms with Gasteiger partial charge in [-0.05, 0) is 65.6 Å². The van der Waals surface area contributed by atoms with Crippen molar-refractivity contribution in [3.8, 4) is 11.5 Å². The van der Waals surface area contributed by atoms with E-state index in [0.29, 0.717) is 17.2 Å². The maximum absolute atomic E-state index is 13.8. The maximum atomic E-state index is 13.8. The molecule has 4 aromatic carbocycles. The van der Waals surface area contributed by atoms with E-state index in [1.165, 1.54) is 6.92 Å². The van der Waals surface area contributed by atoms with Gasteiger partial charge in [0.15, 0.2) is 6.61 Å². The van der Waals surface area contributed by atoms with Gasteiger partial charge < -0.3 is 14.8 Å². The third-order valence-corrected chi connectivity index (χ3v) is 8.67. The van der Waals surface area contributed by atoms with Crippen molar-refractivity contribution < 1.29 is 28.7 Å². The Hall–Kier alpha value is -5.24. The number of esters is 1. The van der Waals surface area contributed by atoms with Gasteiger partial charge in [0.1, 0.15) is 17.5 Å². The number of carbonyl (C=O) groups is 4. The lowest BCUT2D eigenvalue weighted by Gasteiger charge is -2.45. The number of nitrogens with zero attached hydrogens (tertiary/aromatic N) is 1. The molecule has 0 radical (unpaired) electrons. The van der Waals surface area contributed by atoms with Crippen LogP contribution in [0.5, 0.6) is 11.5 Å². The third kappa shape index (κ3) is 4.46. The summed E-state index contributed by atoms with van der Waals surface area (Å²) in [6.07, 6.45) is 0. The second-order valence-corrected chi connectivity index (χ2v) is 11.1. The number of benzene rings is 4. The zero-order valence-corrected chi connectivity index (χ0v) is 23.3. The highest BCUT2D eigenvalue weighted by molar-refractivity contribution is 6.10. The number of likely N-dealkylation sites (tertiary alicyclic amines) is 1. The Kier molecular flexibility index (Phi) is 6.54. The molecule has 1 saturated heterocycles. The van der Waals surface area contributed by atoms with E-state index in [1.54, 1.807) is 24.3 Å². The largest absolute Gasteiger partial charge is 0.457 e. The Bertz CT molecular complexity index is 1640. The summed E-state index contributed by atoms with van der Waals surface area (Å²) in [6, 6.07) is 30.8. The number of imide groups is 1.